The maximum atomic E-state index is 12.0. The lowest BCUT2D eigenvalue weighted by molar-refractivity contribution is -0.0329. The molecule has 0 amide bonds. The van der Waals surface area contributed by atoms with Crippen molar-refractivity contribution >= 4 is 11.8 Å². The van der Waals surface area contributed by atoms with E-state index in [4.69, 9.17) is 4.74 Å². The van der Waals surface area contributed by atoms with E-state index in [1.54, 1.807) is 12.1 Å². The van der Waals surface area contributed by atoms with Gasteiger partial charge in [0, 0.05) is 24.0 Å². The maximum absolute atomic E-state index is 12.0. The third-order valence-corrected chi connectivity index (χ3v) is 3.51. The van der Waals surface area contributed by atoms with Crippen LogP contribution >= 0.6 is 11.8 Å². The van der Waals surface area contributed by atoms with Gasteiger partial charge in [0.15, 0.2) is 0 Å². The molecule has 0 spiro atoms. The molecule has 1 saturated carbocycles. The summed E-state index contributed by atoms with van der Waals surface area (Å²) in [5, 5.41) is 3.33. The van der Waals surface area contributed by atoms with E-state index in [-0.39, 0.29) is 24.1 Å². The molecule has 0 radical (unpaired) electrons. The van der Waals surface area contributed by atoms with Crippen LogP contribution in [0.5, 0.6) is 5.75 Å². The van der Waals surface area contributed by atoms with Gasteiger partial charge in [0.25, 0.3) is 0 Å². The van der Waals surface area contributed by atoms with E-state index in [1.807, 2.05) is 6.92 Å². The van der Waals surface area contributed by atoms with Gasteiger partial charge in [-0.2, -0.15) is 13.2 Å². The van der Waals surface area contributed by atoms with Gasteiger partial charge in [-0.25, -0.2) is 0 Å². The van der Waals surface area contributed by atoms with Gasteiger partial charge in [0.2, 0.25) is 0 Å². The molecule has 0 unspecified atom stereocenters. The van der Waals surface area contributed by atoms with Crippen LogP contribution in [0.25, 0.3) is 0 Å². The van der Waals surface area contributed by atoms with Crippen molar-refractivity contribution in [2.45, 2.75) is 37.9 Å². The van der Waals surface area contributed by atoms with Gasteiger partial charge < -0.3 is 10.1 Å². The summed E-state index contributed by atoms with van der Waals surface area (Å²) in [6, 6.07) is 4.11. The first-order chi connectivity index (χ1) is 9.44. The smallest absolute Gasteiger partial charge is 0.441 e. The molecule has 20 heavy (non-hydrogen) atoms. The lowest BCUT2D eigenvalue weighted by Gasteiger charge is -2.12. The first-order valence-electron chi connectivity index (χ1n) is 6.47. The Kier molecular flexibility index (Phi) is 5.15. The Balaban J connectivity index is 1.85. The number of ether oxygens (including phenoxy) is 1. The van der Waals surface area contributed by atoms with Crippen molar-refractivity contribution in [3.05, 3.63) is 23.5 Å². The number of hydrogen-bond donors (Lipinski definition) is 1. The van der Waals surface area contributed by atoms with Crippen molar-refractivity contribution in [1.29, 1.82) is 0 Å². The first kappa shape index (κ1) is 15.4. The Bertz CT molecular complexity index is 450. The maximum Gasteiger partial charge on any atom is 0.441 e. The number of halogens is 3. The Hall–Kier alpha value is -0.950. The summed E-state index contributed by atoms with van der Waals surface area (Å²) in [5.41, 5.74) is -2.57. The van der Waals surface area contributed by atoms with Crippen molar-refractivity contribution in [3.63, 3.8) is 0 Å². The minimum Gasteiger partial charge on any atom is -0.491 e. The highest BCUT2D eigenvalue weighted by Gasteiger charge is 2.27. The van der Waals surface area contributed by atoms with E-state index in [0.717, 1.165) is 11.4 Å². The zero-order chi connectivity index (χ0) is 14.6. The van der Waals surface area contributed by atoms with Crippen LogP contribution in [0.2, 0.25) is 0 Å². The molecule has 7 heteroatoms. The summed E-state index contributed by atoms with van der Waals surface area (Å²) in [7, 11) is 0. The van der Waals surface area contributed by atoms with Crippen LogP contribution in [0, 0.1) is 6.92 Å². The second-order valence-corrected chi connectivity index (χ2v) is 5.86. The molecular formula is C13H17F3N2OS. The van der Waals surface area contributed by atoms with Crippen LogP contribution in [0.3, 0.4) is 0 Å². The molecule has 1 aromatic heterocycles. The Labute approximate surface area is 120 Å². The van der Waals surface area contributed by atoms with Crippen LogP contribution in [-0.2, 0) is 6.54 Å². The number of aryl methyl sites for hydroxylation is 1. The molecule has 0 saturated heterocycles. The van der Waals surface area contributed by atoms with Crippen LogP contribution in [0.4, 0.5) is 13.2 Å². The molecule has 1 heterocycles. The minimum absolute atomic E-state index is 0.0192. The molecule has 0 bridgehead atoms. The number of nitrogens with one attached hydrogen (secondary N) is 1. The predicted octanol–water partition coefficient (Wildman–Crippen LogP) is 3.27. The lowest BCUT2D eigenvalue weighted by atomic mass is 10.3. The fourth-order valence-electron chi connectivity index (χ4n) is 1.69. The van der Waals surface area contributed by atoms with Crippen molar-refractivity contribution in [3.8, 4) is 5.75 Å². The molecule has 1 N–H and O–H groups in total. The second-order valence-electron chi connectivity index (χ2n) is 4.70. The van der Waals surface area contributed by atoms with Gasteiger partial charge in [-0.1, -0.05) is 0 Å². The standard InChI is InChI=1S/C13H17F3N2OS/c1-9-2-5-12(19-6-7-20-13(14,15)16)11(18-9)8-17-10-3-4-10/h2,5,10,17H,3-4,6-8H2,1H3. The van der Waals surface area contributed by atoms with E-state index < -0.39 is 5.51 Å². The SMILES string of the molecule is Cc1ccc(OCCSC(F)(F)F)c(CNC2CC2)n1. The van der Waals surface area contributed by atoms with E-state index in [2.05, 4.69) is 10.3 Å². The van der Waals surface area contributed by atoms with E-state index in [0.29, 0.717) is 18.3 Å². The molecule has 112 valence electrons. The Morgan fingerprint density at radius 2 is 2.15 bits per heavy atom. The minimum atomic E-state index is -4.20. The number of thioether (sulfide) groups is 1. The number of nitrogens with zero attached hydrogens (tertiary/aromatic N) is 1. The summed E-state index contributed by atoms with van der Waals surface area (Å²) >= 11 is -0.0710. The number of aromatic nitrogens is 1. The highest BCUT2D eigenvalue weighted by Crippen LogP contribution is 2.30. The fraction of sp³-hybridized carbons (Fsp3) is 0.615. The summed E-state index contributed by atoms with van der Waals surface area (Å²) in [6.45, 7) is 2.49. The van der Waals surface area contributed by atoms with Gasteiger partial charge >= 0.3 is 5.51 Å². The van der Waals surface area contributed by atoms with Crippen molar-refractivity contribution in [2.24, 2.45) is 0 Å². The van der Waals surface area contributed by atoms with Crippen LogP contribution < -0.4 is 10.1 Å². The average molecular weight is 306 g/mol. The van der Waals surface area contributed by atoms with E-state index in [9.17, 15) is 13.2 Å². The molecule has 1 fully saturated rings. The van der Waals surface area contributed by atoms with E-state index in [1.165, 1.54) is 12.8 Å². The monoisotopic (exact) mass is 306 g/mol. The molecule has 0 aromatic carbocycles. The number of alkyl halides is 3. The van der Waals surface area contributed by atoms with Crippen LogP contribution in [0.15, 0.2) is 12.1 Å². The summed E-state index contributed by atoms with van der Waals surface area (Å²) in [6.07, 6.45) is 2.34. The highest BCUT2D eigenvalue weighted by atomic mass is 32.2. The largest absolute Gasteiger partial charge is 0.491 e. The molecule has 2 rings (SSSR count). The van der Waals surface area contributed by atoms with Gasteiger partial charge in [-0.3, -0.25) is 4.98 Å². The third-order valence-electron chi connectivity index (χ3n) is 2.81. The van der Waals surface area contributed by atoms with Crippen LogP contribution in [-0.4, -0.2) is 28.9 Å². The molecule has 0 atom stereocenters. The number of pyridine rings is 1. The normalized spacial score (nSPS) is 15.4. The van der Waals surface area contributed by atoms with Crippen LogP contribution in [0.1, 0.15) is 24.2 Å². The molecule has 1 aliphatic rings. The first-order valence-corrected chi connectivity index (χ1v) is 7.46. The quantitative estimate of drug-likeness (QED) is 0.784. The summed E-state index contributed by atoms with van der Waals surface area (Å²) in [4.78, 5) is 4.38. The zero-order valence-electron chi connectivity index (χ0n) is 11.2. The topological polar surface area (TPSA) is 34.1 Å². The molecule has 1 aliphatic carbocycles. The Morgan fingerprint density at radius 3 is 2.80 bits per heavy atom. The van der Waals surface area contributed by atoms with Crippen molar-refractivity contribution in [2.75, 3.05) is 12.4 Å². The Morgan fingerprint density at radius 1 is 1.40 bits per heavy atom. The molecule has 0 aliphatic heterocycles. The predicted molar refractivity (Wildman–Crippen MR) is 72.8 cm³/mol. The zero-order valence-corrected chi connectivity index (χ0v) is 12.0. The summed E-state index contributed by atoms with van der Waals surface area (Å²) in [5.74, 6) is 0.443. The average Bonchev–Trinajstić information content (AvgIpc) is 3.16. The molecule has 1 aromatic rings. The summed E-state index contributed by atoms with van der Waals surface area (Å²) < 4.78 is 41.5. The number of rotatable bonds is 7. The highest BCUT2D eigenvalue weighted by molar-refractivity contribution is 8.00. The molecular weight excluding hydrogens is 289 g/mol. The van der Waals surface area contributed by atoms with E-state index >= 15 is 0 Å². The van der Waals surface area contributed by atoms with Crippen molar-refractivity contribution in [1.82, 2.24) is 10.3 Å². The van der Waals surface area contributed by atoms with Gasteiger partial charge in [0.1, 0.15) is 5.75 Å². The van der Waals surface area contributed by atoms with Gasteiger partial charge in [-0.05, 0) is 43.7 Å². The van der Waals surface area contributed by atoms with Gasteiger partial charge in [-0.15, -0.1) is 0 Å². The number of hydrogen-bond acceptors (Lipinski definition) is 4. The van der Waals surface area contributed by atoms with Gasteiger partial charge in [0.05, 0.1) is 12.3 Å². The third kappa shape index (κ3) is 5.58. The fourth-order valence-corrected chi connectivity index (χ4v) is 2.09. The molecule has 3 nitrogen and oxygen atoms in total. The lowest BCUT2D eigenvalue weighted by Crippen LogP contribution is -2.18. The second kappa shape index (κ2) is 6.67. The van der Waals surface area contributed by atoms with Crippen molar-refractivity contribution < 1.29 is 17.9 Å².